The van der Waals surface area contributed by atoms with Crippen molar-refractivity contribution in [2.24, 2.45) is 5.73 Å². The lowest BCUT2D eigenvalue weighted by atomic mass is 9.83. The Bertz CT molecular complexity index is 482. The van der Waals surface area contributed by atoms with Gasteiger partial charge in [-0.15, -0.1) is 0 Å². The van der Waals surface area contributed by atoms with Crippen molar-refractivity contribution in [3.8, 4) is 0 Å². The van der Waals surface area contributed by atoms with Crippen LogP contribution >= 0.6 is 11.6 Å². The van der Waals surface area contributed by atoms with Crippen molar-refractivity contribution < 1.29 is 13.9 Å². The summed E-state index contributed by atoms with van der Waals surface area (Å²) in [5.41, 5.74) is 5.74. The summed E-state index contributed by atoms with van der Waals surface area (Å²) >= 11 is 5.76. The van der Waals surface area contributed by atoms with Gasteiger partial charge in [-0.05, 0) is 31.5 Å². The van der Waals surface area contributed by atoms with Crippen LogP contribution in [0, 0.1) is 5.82 Å². The second kappa shape index (κ2) is 5.86. The number of nitrogens with two attached hydrogens (primary N) is 1. The van der Waals surface area contributed by atoms with Crippen LogP contribution in [0.15, 0.2) is 18.2 Å². The number of hydrogen-bond acceptors (Lipinski definition) is 3. The predicted molar refractivity (Wildman–Crippen MR) is 70.7 cm³/mol. The van der Waals surface area contributed by atoms with Gasteiger partial charge in [-0.25, -0.2) is 4.39 Å². The van der Waals surface area contributed by atoms with Crippen molar-refractivity contribution in [2.45, 2.75) is 31.5 Å². The van der Waals surface area contributed by atoms with Gasteiger partial charge < -0.3 is 15.8 Å². The Balaban J connectivity index is 2.06. The molecule has 1 aliphatic carbocycles. The number of hydrogen-bond donors (Lipinski definition) is 2. The fourth-order valence-electron chi connectivity index (χ4n) is 2.13. The van der Waals surface area contributed by atoms with Crippen LogP contribution in [-0.2, 0) is 4.74 Å². The molecule has 0 aromatic heterocycles. The van der Waals surface area contributed by atoms with E-state index in [0.29, 0.717) is 18.1 Å². The molecule has 1 aromatic carbocycles. The molecule has 0 saturated heterocycles. The van der Waals surface area contributed by atoms with Crippen LogP contribution in [0.4, 0.5) is 4.39 Å². The van der Waals surface area contributed by atoms with E-state index in [-0.39, 0.29) is 23.8 Å². The Morgan fingerprint density at radius 3 is 3.00 bits per heavy atom. The molecule has 3 unspecified atom stereocenters. The minimum Gasteiger partial charge on any atom is -0.376 e. The molecule has 3 atom stereocenters. The third-order valence-corrected chi connectivity index (χ3v) is 3.45. The van der Waals surface area contributed by atoms with Crippen LogP contribution in [-0.4, -0.2) is 30.7 Å². The molecule has 1 aliphatic rings. The van der Waals surface area contributed by atoms with Gasteiger partial charge in [-0.3, -0.25) is 4.79 Å². The van der Waals surface area contributed by atoms with Crippen LogP contribution in [0.1, 0.15) is 23.7 Å². The van der Waals surface area contributed by atoms with Crippen molar-refractivity contribution >= 4 is 17.5 Å². The fraction of sp³-hybridized carbons (Fsp3) is 0.462. The summed E-state index contributed by atoms with van der Waals surface area (Å²) in [6.45, 7) is 2.43. The monoisotopic (exact) mass is 286 g/mol. The lowest BCUT2D eigenvalue weighted by Gasteiger charge is -2.42. The molecule has 0 radical (unpaired) electrons. The molecule has 0 aliphatic heterocycles. The van der Waals surface area contributed by atoms with Gasteiger partial charge in [0.1, 0.15) is 5.82 Å². The van der Waals surface area contributed by atoms with Crippen LogP contribution < -0.4 is 11.1 Å². The topological polar surface area (TPSA) is 64.3 Å². The van der Waals surface area contributed by atoms with E-state index in [1.165, 1.54) is 12.1 Å². The van der Waals surface area contributed by atoms with E-state index in [9.17, 15) is 9.18 Å². The molecule has 4 nitrogen and oxygen atoms in total. The summed E-state index contributed by atoms with van der Waals surface area (Å²) in [5.74, 6) is -1.13. The Morgan fingerprint density at radius 2 is 2.37 bits per heavy atom. The second-order valence-corrected chi connectivity index (χ2v) is 4.95. The summed E-state index contributed by atoms with van der Waals surface area (Å²) in [6, 6.07) is 3.41. The van der Waals surface area contributed by atoms with Gasteiger partial charge in [-0.2, -0.15) is 0 Å². The van der Waals surface area contributed by atoms with E-state index < -0.39 is 11.7 Å². The summed E-state index contributed by atoms with van der Waals surface area (Å²) in [5, 5.41) is 3.01. The number of rotatable bonds is 4. The average molecular weight is 287 g/mol. The molecule has 0 heterocycles. The minimum atomic E-state index is -0.609. The smallest absolute Gasteiger partial charge is 0.254 e. The lowest BCUT2D eigenvalue weighted by molar-refractivity contribution is -0.0300. The van der Waals surface area contributed by atoms with E-state index in [2.05, 4.69) is 5.32 Å². The van der Waals surface area contributed by atoms with E-state index >= 15 is 0 Å². The Kier molecular flexibility index (Phi) is 4.39. The number of carbonyl (C=O) groups excluding carboxylic acids is 1. The highest BCUT2D eigenvalue weighted by molar-refractivity contribution is 6.31. The third kappa shape index (κ3) is 3.05. The first kappa shape index (κ1) is 14.2. The summed E-state index contributed by atoms with van der Waals surface area (Å²) < 4.78 is 19.0. The normalized spacial score (nSPS) is 25.8. The quantitative estimate of drug-likeness (QED) is 0.886. The van der Waals surface area contributed by atoms with Gasteiger partial charge in [0.25, 0.3) is 5.91 Å². The first-order valence-electron chi connectivity index (χ1n) is 6.16. The maximum Gasteiger partial charge on any atom is 0.254 e. The molecule has 104 valence electrons. The van der Waals surface area contributed by atoms with E-state index in [4.69, 9.17) is 22.1 Å². The zero-order chi connectivity index (χ0) is 14.0. The highest BCUT2D eigenvalue weighted by atomic mass is 35.5. The number of amides is 1. The SMILES string of the molecule is CCOC1CC(N)C1NC(=O)c1cc(Cl)ccc1F. The van der Waals surface area contributed by atoms with Gasteiger partial charge in [-0.1, -0.05) is 11.6 Å². The van der Waals surface area contributed by atoms with Crippen molar-refractivity contribution in [2.75, 3.05) is 6.61 Å². The number of benzene rings is 1. The Labute approximate surface area is 116 Å². The number of carbonyl (C=O) groups is 1. The van der Waals surface area contributed by atoms with Crippen LogP contribution in [0.2, 0.25) is 5.02 Å². The molecular weight excluding hydrogens is 271 g/mol. The van der Waals surface area contributed by atoms with Crippen LogP contribution in [0.5, 0.6) is 0 Å². The highest BCUT2D eigenvalue weighted by Gasteiger charge is 2.40. The zero-order valence-corrected chi connectivity index (χ0v) is 11.3. The van der Waals surface area contributed by atoms with Crippen LogP contribution in [0.3, 0.4) is 0 Å². The van der Waals surface area contributed by atoms with Crippen LogP contribution in [0.25, 0.3) is 0 Å². The maximum absolute atomic E-state index is 13.6. The molecule has 0 spiro atoms. The molecule has 2 rings (SSSR count). The number of nitrogens with one attached hydrogen (secondary N) is 1. The number of ether oxygens (including phenoxy) is 1. The third-order valence-electron chi connectivity index (χ3n) is 3.22. The fourth-order valence-corrected chi connectivity index (χ4v) is 2.30. The summed E-state index contributed by atoms with van der Waals surface area (Å²) in [4.78, 5) is 12.0. The highest BCUT2D eigenvalue weighted by Crippen LogP contribution is 2.23. The van der Waals surface area contributed by atoms with Gasteiger partial charge >= 0.3 is 0 Å². The largest absolute Gasteiger partial charge is 0.376 e. The molecule has 19 heavy (non-hydrogen) atoms. The zero-order valence-electron chi connectivity index (χ0n) is 10.5. The van der Waals surface area contributed by atoms with Crippen molar-refractivity contribution in [1.29, 1.82) is 0 Å². The Hall–Kier alpha value is -1.17. The molecule has 6 heteroatoms. The van der Waals surface area contributed by atoms with Gasteiger partial charge in [0.15, 0.2) is 0 Å². The van der Waals surface area contributed by atoms with Gasteiger partial charge in [0.2, 0.25) is 0 Å². The summed E-state index contributed by atoms with van der Waals surface area (Å²) in [6.07, 6.45) is 0.586. The second-order valence-electron chi connectivity index (χ2n) is 4.52. The van der Waals surface area contributed by atoms with Crippen molar-refractivity contribution in [1.82, 2.24) is 5.32 Å². The molecule has 1 saturated carbocycles. The average Bonchev–Trinajstić information content (AvgIpc) is 2.38. The molecular formula is C13H16ClFN2O2. The molecule has 3 N–H and O–H groups in total. The molecule has 1 aromatic rings. The van der Waals surface area contributed by atoms with E-state index in [0.717, 1.165) is 6.07 Å². The first-order valence-corrected chi connectivity index (χ1v) is 6.53. The molecule has 1 amide bonds. The van der Waals surface area contributed by atoms with Gasteiger partial charge in [0, 0.05) is 17.7 Å². The summed E-state index contributed by atoms with van der Waals surface area (Å²) in [7, 11) is 0. The van der Waals surface area contributed by atoms with Gasteiger partial charge in [0.05, 0.1) is 17.7 Å². The maximum atomic E-state index is 13.6. The minimum absolute atomic E-state index is 0.0816. The Morgan fingerprint density at radius 1 is 1.63 bits per heavy atom. The van der Waals surface area contributed by atoms with Crippen molar-refractivity contribution in [3.63, 3.8) is 0 Å². The number of halogens is 2. The van der Waals surface area contributed by atoms with E-state index in [1.54, 1.807) is 0 Å². The molecule has 1 fully saturated rings. The van der Waals surface area contributed by atoms with Crippen molar-refractivity contribution in [3.05, 3.63) is 34.6 Å². The standard InChI is InChI=1S/C13H16ClFN2O2/c1-2-19-11-6-10(16)12(11)17-13(18)8-5-7(14)3-4-9(8)15/h3-5,10-12H,2,6,16H2,1H3,(H,17,18). The lowest BCUT2D eigenvalue weighted by Crippen LogP contribution is -2.64. The molecule has 0 bridgehead atoms. The predicted octanol–water partition coefficient (Wildman–Crippen LogP) is 1.71. The first-order chi connectivity index (χ1) is 9.02. The van der Waals surface area contributed by atoms with E-state index in [1.807, 2.05) is 6.92 Å².